The van der Waals surface area contributed by atoms with Crippen LogP contribution >= 0.6 is 11.6 Å². The van der Waals surface area contributed by atoms with Crippen molar-refractivity contribution in [2.75, 3.05) is 0 Å². The van der Waals surface area contributed by atoms with Gasteiger partial charge in [-0.3, -0.25) is 14.9 Å². The minimum Gasteiger partial charge on any atom is -0.296 e. The Morgan fingerprint density at radius 1 is 1.24 bits per heavy atom. The molecule has 2 rings (SSSR count). The summed E-state index contributed by atoms with van der Waals surface area (Å²) in [5.74, 6) is -0.598. The fraction of sp³-hybridized carbons (Fsp3) is 0.529. The molecule has 3 nitrogen and oxygen atoms in total. The van der Waals surface area contributed by atoms with Gasteiger partial charge in [-0.25, -0.2) is 0 Å². The molecule has 1 aliphatic rings. The zero-order chi connectivity index (χ0) is 15.5. The molecule has 2 unspecified atom stereocenters. The molecule has 0 aromatic heterocycles. The van der Waals surface area contributed by atoms with E-state index in [1.807, 2.05) is 12.1 Å². The van der Waals surface area contributed by atoms with Crippen molar-refractivity contribution >= 4 is 23.4 Å². The second kappa shape index (κ2) is 6.61. The second-order valence-electron chi connectivity index (χ2n) is 5.89. The zero-order valence-corrected chi connectivity index (χ0v) is 13.4. The van der Waals surface area contributed by atoms with Crippen LogP contribution in [0.15, 0.2) is 24.3 Å². The third-order valence-electron chi connectivity index (χ3n) is 4.59. The summed E-state index contributed by atoms with van der Waals surface area (Å²) in [5.41, 5.74) is 0.672. The number of amides is 2. The van der Waals surface area contributed by atoms with Gasteiger partial charge in [0.05, 0.1) is 5.92 Å². The van der Waals surface area contributed by atoms with Gasteiger partial charge in [-0.15, -0.1) is 0 Å². The standard InChI is InChI=1S/C17H22ClNO2/c1-3-5-10-17(4-2)11-14(20)19-16(21)15(17)12-6-8-13(18)9-7-12/h6-9,15H,3-5,10-11H2,1-2H3,(H,19,20,21). The van der Waals surface area contributed by atoms with Gasteiger partial charge in [0.25, 0.3) is 0 Å². The number of benzene rings is 1. The van der Waals surface area contributed by atoms with Crippen molar-refractivity contribution in [1.29, 1.82) is 0 Å². The molecular formula is C17H22ClNO2. The van der Waals surface area contributed by atoms with Crippen molar-refractivity contribution in [3.63, 3.8) is 0 Å². The molecular weight excluding hydrogens is 286 g/mol. The molecule has 1 saturated heterocycles. The predicted molar refractivity (Wildman–Crippen MR) is 84.2 cm³/mol. The van der Waals surface area contributed by atoms with Gasteiger partial charge in [0.1, 0.15) is 0 Å². The third kappa shape index (κ3) is 3.29. The van der Waals surface area contributed by atoms with Gasteiger partial charge >= 0.3 is 0 Å². The third-order valence-corrected chi connectivity index (χ3v) is 4.84. The molecule has 0 radical (unpaired) electrons. The summed E-state index contributed by atoms with van der Waals surface area (Å²) >= 11 is 5.94. The Morgan fingerprint density at radius 3 is 2.48 bits per heavy atom. The monoisotopic (exact) mass is 307 g/mol. The van der Waals surface area contributed by atoms with Gasteiger partial charge in [-0.2, -0.15) is 0 Å². The molecule has 0 spiro atoms. The molecule has 0 saturated carbocycles. The summed E-state index contributed by atoms with van der Waals surface area (Å²) < 4.78 is 0. The number of nitrogens with one attached hydrogen (secondary N) is 1. The maximum Gasteiger partial charge on any atom is 0.234 e. The molecule has 21 heavy (non-hydrogen) atoms. The highest BCUT2D eigenvalue weighted by molar-refractivity contribution is 6.30. The zero-order valence-electron chi connectivity index (χ0n) is 12.6. The number of halogens is 1. The van der Waals surface area contributed by atoms with E-state index in [2.05, 4.69) is 19.2 Å². The Bertz CT molecular complexity index is 526. The Hall–Kier alpha value is -1.35. The van der Waals surface area contributed by atoms with E-state index in [1.54, 1.807) is 12.1 Å². The van der Waals surface area contributed by atoms with E-state index in [9.17, 15) is 9.59 Å². The number of imide groups is 1. The maximum absolute atomic E-state index is 12.5. The van der Waals surface area contributed by atoms with Gasteiger partial charge in [0.2, 0.25) is 11.8 Å². The summed E-state index contributed by atoms with van der Waals surface area (Å²) in [5, 5.41) is 3.15. The van der Waals surface area contributed by atoms with Crippen molar-refractivity contribution in [1.82, 2.24) is 5.32 Å². The quantitative estimate of drug-likeness (QED) is 0.834. The fourth-order valence-corrected chi connectivity index (χ4v) is 3.51. The van der Waals surface area contributed by atoms with E-state index in [0.717, 1.165) is 31.2 Å². The maximum atomic E-state index is 12.5. The van der Waals surface area contributed by atoms with Crippen LogP contribution in [-0.2, 0) is 9.59 Å². The Kier molecular flexibility index (Phi) is 5.04. The van der Waals surface area contributed by atoms with Crippen LogP contribution in [0, 0.1) is 5.41 Å². The summed E-state index contributed by atoms with van der Waals surface area (Å²) in [6.45, 7) is 4.20. The van der Waals surface area contributed by atoms with Crippen molar-refractivity contribution in [3.05, 3.63) is 34.9 Å². The molecule has 0 bridgehead atoms. The molecule has 114 valence electrons. The van der Waals surface area contributed by atoms with Crippen molar-refractivity contribution in [2.45, 2.75) is 51.9 Å². The average molecular weight is 308 g/mol. The SMILES string of the molecule is CCCCC1(CC)CC(=O)NC(=O)C1c1ccc(Cl)cc1. The first kappa shape index (κ1) is 16.0. The summed E-state index contributed by atoms with van der Waals surface area (Å²) in [6, 6.07) is 7.42. The Balaban J connectivity index is 2.42. The first-order valence-corrected chi connectivity index (χ1v) is 7.99. The van der Waals surface area contributed by atoms with Gasteiger partial charge < -0.3 is 0 Å². The number of carbonyl (C=O) groups is 2. The van der Waals surface area contributed by atoms with E-state index < -0.39 is 0 Å². The van der Waals surface area contributed by atoms with Crippen molar-refractivity contribution < 1.29 is 9.59 Å². The van der Waals surface area contributed by atoms with Crippen molar-refractivity contribution in [2.24, 2.45) is 5.41 Å². The number of carbonyl (C=O) groups excluding carboxylic acids is 2. The number of hydrogen-bond donors (Lipinski definition) is 1. The number of unbranched alkanes of at least 4 members (excludes halogenated alkanes) is 1. The van der Waals surface area contributed by atoms with Crippen LogP contribution in [0.1, 0.15) is 57.4 Å². The van der Waals surface area contributed by atoms with Crippen LogP contribution in [0.3, 0.4) is 0 Å². The Labute approximate surface area is 131 Å². The lowest BCUT2D eigenvalue weighted by atomic mass is 9.63. The lowest BCUT2D eigenvalue weighted by molar-refractivity contribution is -0.140. The van der Waals surface area contributed by atoms with Gasteiger partial charge in [-0.05, 0) is 36.0 Å². The number of rotatable bonds is 5. The van der Waals surface area contributed by atoms with Gasteiger partial charge in [0.15, 0.2) is 0 Å². The van der Waals surface area contributed by atoms with Crippen LogP contribution < -0.4 is 5.32 Å². The van der Waals surface area contributed by atoms with Gasteiger partial charge in [-0.1, -0.05) is 50.4 Å². The van der Waals surface area contributed by atoms with Gasteiger partial charge in [0, 0.05) is 11.4 Å². The van der Waals surface area contributed by atoms with E-state index in [1.165, 1.54) is 0 Å². The van der Waals surface area contributed by atoms with Crippen LogP contribution in [-0.4, -0.2) is 11.8 Å². The normalized spacial score (nSPS) is 25.8. The largest absolute Gasteiger partial charge is 0.296 e. The molecule has 1 aromatic rings. The van der Waals surface area contributed by atoms with Crippen LogP contribution in [0.5, 0.6) is 0 Å². The lowest BCUT2D eigenvalue weighted by Crippen LogP contribution is -2.50. The molecule has 1 N–H and O–H groups in total. The number of piperidine rings is 1. The number of hydrogen-bond acceptors (Lipinski definition) is 2. The van der Waals surface area contributed by atoms with E-state index in [0.29, 0.717) is 11.4 Å². The first-order valence-electron chi connectivity index (χ1n) is 7.61. The minimum atomic E-state index is -0.275. The lowest BCUT2D eigenvalue weighted by Gasteiger charge is -2.42. The molecule has 1 heterocycles. The molecule has 1 fully saturated rings. The predicted octanol–water partition coefficient (Wildman–Crippen LogP) is 4.06. The topological polar surface area (TPSA) is 46.2 Å². The molecule has 0 aliphatic carbocycles. The highest BCUT2D eigenvalue weighted by Gasteiger charge is 2.47. The fourth-order valence-electron chi connectivity index (χ4n) is 3.38. The molecule has 1 aliphatic heterocycles. The second-order valence-corrected chi connectivity index (χ2v) is 6.33. The van der Waals surface area contributed by atoms with Crippen LogP contribution in [0.4, 0.5) is 0 Å². The average Bonchev–Trinajstić information content (AvgIpc) is 2.46. The molecule has 4 heteroatoms. The van der Waals surface area contributed by atoms with E-state index in [4.69, 9.17) is 11.6 Å². The summed E-state index contributed by atoms with van der Waals surface area (Å²) in [4.78, 5) is 24.4. The molecule has 2 atom stereocenters. The molecule has 1 aromatic carbocycles. The smallest absolute Gasteiger partial charge is 0.234 e. The van der Waals surface area contributed by atoms with Crippen LogP contribution in [0.2, 0.25) is 5.02 Å². The minimum absolute atomic E-state index is 0.150. The molecule has 2 amide bonds. The summed E-state index contributed by atoms with van der Waals surface area (Å²) in [6.07, 6.45) is 4.22. The van der Waals surface area contributed by atoms with Crippen LogP contribution in [0.25, 0.3) is 0 Å². The highest BCUT2D eigenvalue weighted by atomic mass is 35.5. The van der Waals surface area contributed by atoms with E-state index in [-0.39, 0.29) is 23.1 Å². The first-order chi connectivity index (χ1) is 10.0. The summed E-state index contributed by atoms with van der Waals surface area (Å²) in [7, 11) is 0. The van der Waals surface area contributed by atoms with Crippen molar-refractivity contribution in [3.8, 4) is 0 Å². The highest BCUT2D eigenvalue weighted by Crippen LogP contribution is 2.48. The van der Waals surface area contributed by atoms with E-state index >= 15 is 0 Å². The Morgan fingerprint density at radius 2 is 1.90 bits per heavy atom.